The van der Waals surface area contributed by atoms with Crippen molar-refractivity contribution in [1.29, 1.82) is 5.26 Å². The van der Waals surface area contributed by atoms with Crippen LogP contribution in [0.25, 0.3) is 11.0 Å². The Morgan fingerprint density at radius 3 is 2.83 bits per heavy atom. The number of hydrogen-bond acceptors (Lipinski definition) is 5. The van der Waals surface area contributed by atoms with Crippen LogP contribution in [0.3, 0.4) is 0 Å². The minimum Gasteiger partial charge on any atom is -0.369 e. The molecule has 2 aromatic rings. The van der Waals surface area contributed by atoms with Crippen molar-refractivity contribution in [3.8, 4) is 6.07 Å². The van der Waals surface area contributed by atoms with Gasteiger partial charge in [-0.3, -0.25) is 0 Å². The zero-order valence-corrected chi connectivity index (χ0v) is 19.7. The summed E-state index contributed by atoms with van der Waals surface area (Å²) < 4.78 is 7.96. The van der Waals surface area contributed by atoms with Gasteiger partial charge in [0.2, 0.25) is 0 Å². The van der Waals surface area contributed by atoms with Gasteiger partial charge in [0, 0.05) is 45.7 Å². The van der Waals surface area contributed by atoms with Crippen LogP contribution in [0.15, 0.2) is 18.5 Å². The molecule has 2 aliphatic heterocycles. The largest absolute Gasteiger partial charge is 0.369 e. The molecular formula is C23H35N5OSi. The highest BCUT2D eigenvalue weighted by Crippen LogP contribution is 2.36. The topological polar surface area (TPSA) is 66.1 Å². The van der Waals surface area contributed by atoms with E-state index in [2.05, 4.69) is 47.0 Å². The maximum Gasteiger partial charge on any atom is 0.145 e. The molecule has 0 aliphatic carbocycles. The number of nitrogens with one attached hydrogen (secondary N) is 1. The molecule has 0 bridgehead atoms. The summed E-state index contributed by atoms with van der Waals surface area (Å²) >= 11 is 0. The molecule has 2 saturated heterocycles. The molecule has 0 aromatic carbocycles. The van der Waals surface area contributed by atoms with E-state index in [1.807, 2.05) is 17.0 Å². The first-order valence-electron chi connectivity index (χ1n) is 11.4. The summed E-state index contributed by atoms with van der Waals surface area (Å²) in [4.78, 5) is 7.11. The second kappa shape index (κ2) is 8.70. The molecule has 1 atom stereocenters. The molecule has 2 aromatic heterocycles. The molecule has 0 unspecified atom stereocenters. The van der Waals surface area contributed by atoms with Crippen molar-refractivity contribution < 1.29 is 4.74 Å². The predicted octanol–water partition coefficient (Wildman–Crippen LogP) is 4.33. The fraction of sp³-hybridized carbons (Fsp3) is 0.652. The number of hydrogen-bond donors (Lipinski definition) is 1. The Kier molecular flexibility index (Phi) is 6.19. The Morgan fingerprint density at radius 1 is 1.27 bits per heavy atom. The highest BCUT2D eigenvalue weighted by molar-refractivity contribution is 6.76. The molecule has 0 radical (unpaired) electrons. The average molecular weight is 426 g/mol. The molecule has 4 heterocycles. The zero-order chi connectivity index (χ0) is 21.2. The average Bonchev–Trinajstić information content (AvgIpc) is 3.09. The van der Waals surface area contributed by atoms with E-state index in [4.69, 9.17) is 4.74 Å². The number of anilines is 1. The zero-order valence-electron chi connectivity index (χ0n) is 18.7. The quantitative estimate of drug-likeness (QED) is 0.551. The summed E-state index contributed by atoms with van der Waals surface area (Å²) in [5, 5.41) is 14.6. The molecule has 0 saturated carbocycles. The Balaban J connectivity index is 1.58. The highest BCUT2D eigenvalue weighted by Gasteiger charge is 2.37. The summed E-state index contributed by atoms with van der Waals surface area (Å²) in [6, 6.07) is 5.63. The second-order valence-corrected chi connectivity index (χ2v) is 15.8. The molecule has 162 valence electrons. The van der Waals surface area contributed by atoms with Crippen LogP contribution in [0.2, 0.25) is 25.7 Å². The smallest absolute Gasteiger partial charge is 0.145 e. The first kappa shape index (κ1) is 21.4. The van der Waals surface area contributed by atoms with Crippen LogP contribution in [0.1, 0.15) is 37.7 Å². The molecule has 1 spiro atoms. The van der Waals surface area contributed by atoms with Gasteiger partial charge in [-0.1, -0.05) is 26.1 Å². The lowest BCUT2D eigenvalue weighted by molar-refractivity contribution is 0.0898. The molecule has 0 amide bonds. The Hall–Kier alpha value is -1.88. The third-order valence-corrected chi connectivity index (χ3v) is 8.29. The van der Waals surface area contributed by atoms with Gasteiger partial charge in [-0.05, 0) is 44.3 Å². The third kappa shape index (κ3) is 4.56. The van der Waals surface area contributed by atoms with E-state index in [1.54, 1.807) is 0 Å². The maximum absolute atomic E-state index is 9.84. The molecule has 2 fully saturated rings. The molecule has 1 N–H and O–H groups in total. The van der Waals surface area contributed by atoms with Gasteiger partial charge in [-0.2, -0.15) is 5.26 Å². The fourth-order valence-electron chi connectivity index (χ4n) is 4.90. The number of pyridine rings is 1. The molecule has 6 nitrogen and oxygen atoms in total. The van der Waals surface area contributed by atoms with Gasteiger partial charge in [-0.15, -0.1) is 0 Å². The van der Waals surface area contributed by atoms with Gasteiger partial charge in [0.1, 0.15) is 18.4 Å². The molecular weight excluding hydrogens is 390 g/mol. The SMILES string of the molecule is C[Si](C)(C)CCOCn1cc(C#N)c2c(N3CCC[C@@]4(CCCCN4)C3)ccnc21. The van der Waals surface area contributed by atoms with Crippen LogP contribution >= 0.6 is 0 Å². The standard InChI is InChI=1S/C23H35N5OSi/c1-30(2,3)14-13-29-18-28-16-19(15-24)21-20(7-11-25-22(21)28)27-12-6-9-23(17-27)8-4-5-10-26-23/h7,11,16,26H,4-6,8-10,12-14,17-18H2,1-3H3/t23-/m0/s1. The lowest BCUT2D eigenvalue weighted by atomic mass is 9.81. The number of nitrogens with zero attached hydrogens (tertiary/aromatic N) is 4. The van der Waals surface area contributed by atoms with Crippen LogP contribution in [0, 0.1) is 11.3 Å². The van der Waals surface area contributed by atoms with Crippen molar-refractivity contribution in [3.63, 3.8) is 0 Å². The van der Waals surface area contributed by atoms with Gasteiger partial charge in [0.25, 0.3) is 0 Å². The first-order chi connectivity index (χ1) is 14.4. The lowest BCUT2D eigenvalue weighted by Crippen LogP contribution is -2.59. The maximum atomic E-state index is 9.84. The van der Waals surface area contributed by atoms with Gasteiger partial charge in [-0.25, -0.2) is 4.98 Å². The Bertz CT molecular complexity index is 915. The fourth-order valence-corrected chi connectivity index (χ4v) is 5.66. The number of aromatic nitrogens is 2. The van der Waals surface area contributed by atoms with Gasteiger partial charge in [0.05, 0.1) is 16.6 Å². The monoisotopic (exact) mass is 425 g/mol. The van der Waals surface area contributed by atoms with E-state index in [9.17, 15) is 5.26 Å². The number of nitriles is 1. The van der Waals surface area contributed by atoms with E-state index in [1.165, 1.54) is 32.1 Å². The van der Waals surface area contributed by atoms with Crippen molar-refractivity contribution in [2.24, 2.45) is 0 Å². The Morgan fingerprint density at radius 2 is 2.10 bits per heavy atom. The van der Waals surface area contributed by atoms with Gasteiger partial charge >= 0.3 is 0 Å². The van der Waals surface area contributed by atoms with Crippen molar-refractivity contribution in [2.75, 3.05) is 31.1 Å². The summed E-state index contributed by atoms with van der Waals surface area (Å²) in [7, 11) is -1.12. The summed E-state index contributed by atoms with van der Waals surface area (Å²) in [6.07, 6.45) is 10.0. The van der Waals surface area contributed by atoms with E-state index in [-0.39, 0.29) is 5.54 Å². The van der Waals surface area contributed by atoms with Crippen LogP contribution in [0.4, 0.5) is 5.69 Å². The van der Waals surface area contributed by atoms with E-state index in [0.29, 0.717) is 12.3 Å². The number of rotatable bonds is 6. The van der Waals surface area contributed by atoms with Crippen molar-refractivity contribution >= 4 is 24.8 Å². The van der Waals surface area contributed by atoms with Crippen LogP contribution < -0.4 is 10.2 Å². The molecule has 4 rings (SSSR count). The van der Waals surface area contributed by atoms with E-state index < -0.39 is 8.07 Å². The summed E-state index contributed by atoms with van der Waals surface area (Å²) in [6.45, 7) is 11.4. The number of piperidine rings is 2. The van der Waals surface area contributed by atoms with Crippen LogP contribution in [-0.2, 0) is 11.5 Å². The number of fused-ring (bicyclic) bond motifs is 1. The molecule has 7 heteroatoms. The van der Waals surface area contributed by atoms with Crippen molar-refractivity contribution in [2.45, 2.75) is 70.1 Å². The third-order valence-electron chi connectivity index (χ3n) is 6.58. The predicted molar refractivity (Wildman–Crippen MR) is 125 cm³/mol. The number of ether oxygens (including phenoxy) is 1. The minimum atomic E-state index is -1.12. The first-order valence-corrected chi connectivity index (χ1v) is 15.1. The van der Waals surface area contributed by atoms with Gasteiger partial charge in [0.15, 0.2) is 0 Å². The van der Waals surface area contributed by atoms with Gasteiger partial charge < -0.3 is 19.5 Å². The van der Waals surface area contributed by atoms with Crippen molar-refractivity contribution in [3.05, 3.63) is 24.0 Å². The molecule has 30 heavy (non-hydrogen) atoms. The van der Waals surface area contributed by atoms with E-state index >= 15 is 0 Å². The van der Waals surface area contributed by atoms with Crippen molar-refractivity contribution in [1.82, 2.24) is 14.9 Å². The van der Waals surface area contributed by atoms with Crippen LogP contribution in [0.5, 0.6) is 0 Å². The molecule has 2 aliphatic rings. The normalized spacial score (nSPS) is 22.5. The highest BCUT2D eigenvalue weighted by atomic mass is 28.3. The van der Waals surface area contributed by atoms with E-state index in [0.717, 1.165) is 49.0 Å². The summed E-state index contributed by atoms with van der Waals surface area (Å²) in [5.41, 5.74) is 2.91. The Labute approximate surface area is 181 Å². The summed E-state index contributed by atoms with van der Waals surface area (Å²) in [5.74, 6) is 0. The van der Waals surface area contributed by atoms with Crippen LogP contribution in [-0.4, -0.2) is 49.4 Å². The lowest BCUT2D eigenvalue weighted by Gasteiger charge is -2.47. The minimum absolute atomic E-state index is 0.224. The second-order valence-electron chi connectivity index (χ2n) is 10.2.